The predicted molar refractivity (Wildman–Crippen MR) is 35.4 cm³/mol. The van der Waals surface area contributed by atoms with Crippen molar-refractivity contribution in [2.75, 3.05) is 0 Å². The minimum atomic E-state index is 0. The molecule has 0 saturated heterocycles. The van der Waals surface area contributed by atoms with Gasteiger partial charge in [0.2, 0.25) is 15.2 Å². The quantitative estimate of drug-likeness (QED) is 0.554. The molecule has 0 fully saturated rings. The minimum Gasteiger partial charge on any atom is -0.147 e. The Balaban J connectivity index is -0.0000000800. The number of hydrogen-bond acceptors (Lipinski definition) is 0. The minimum absolute atomic E-state index is 0. The molecule has 0 aliphatic carbocycles. The summed E-state index contributed by atoms with van der Waals surface area (Å²) in [4.78, 5) is 0. The van der Waals surface area contributed by atoms with Crippen LogP contribution in [0.3, 0.4) is 0 Å². The third-order valence-corrected chi connectivity index (χ3v) is 2.12. The van der Waals surface area contributed by atoms with Crippen LogP contribution in [0.2, 0.25) is 10.6 Å². The molecule has 42 valence electrons. The van der Waals surface area contributed by atoms with Crippen molar-refractivity contribution in [3.63, 3.8) is 0 Å². The summed E-state index contributed by atoms with van der Waals surface area (Å²) in [6.07, 6.45) is 0. The summed E-state index contributed by atoms with van der Waals surface area (Å²) < 4.78 is 0. The van der Waals surface area contributed by atoms with Gasteiger partial charge in [-0.15, -0.1) is 23.0 Å². The van der Waals surface area contributed by atoms with E-state index in [4.69, 9.17) is 0 Å². The molecule has 0 amide bonds. The van der Waals surface area contributed by atoms with E-state index in [1.807, 2.05) is 0 Å². The second kappa shape index (κ2) is 15.6. The van der Waals surface area contributed by atoms with Crippen molar-refractivity contribution >= 4 is 27.6 Å². The molecular formula is C4H12AlClTi. The number of rotatable bonds is 2. The zero-order valence-electron chi connectivity index (χ0n) is 5.03. The summed E-state index contributed by atoms with van der Waals surface area (Å²) in [6, 6.07) is 0. The maximum absolute atomic E-state index is 2.27. The largest absolute Gasteiger partial charge is 0.236 e. The second-order valence-electron chi connectivity index (χ2n) is 1.35. The van der Waals surface area contributed by atoms with Gasteiger partial charge in [-0.1, -0.05) is 13.8 Å². The molecule has 0 radical (unpaired) electrons. The first-order valence-electron chi connectivity index (χ1n) is 2.41. The standard InChI is InChI=1S/2C2H5.Al.ClH.Ti.H/c2*1-2;;;;/h2*1H2,2H3;;1H;;. The van der Waals surface area contributed by atoms with Crippen molar-refractivity contribution in [3.8, 4) is 0 Å². The third-order valence-electron chi connectivity index (χ3n) is 0.707. The van der Waals surface area contributed by atoms with E-state index in [2.05, 4.69) is 13.8 Å². The van der Waals surface area contributed by atoms with Gasteiger partial charge in [-0.3, -0.25) is 0 Å². The molecule has 0 bridgehead atoms. The molecule has 0 rings (SSSR count). The van der Waals surface area contributed by atoms with Gasteiger partial charge >= 0.3 is 0 Å². The molecule has 0 unspecified atom stereocenters. The van der Waals surface area contributed by atoms with Gasteiger partial charge in [0, 0.05) is 21.7 Å². The van der Waals surface area contributed by atoms with Crippen molar-refractivity contribution in [1.29, 1.82) is 0 Å². The van der Waals surface area contributed by atoms with E-state index in [9.17, 15) is 0 Å². The van der Waals surface area contributed by atoms with Crippen LogP contribution in [-0.4, -0.2) is 15.2 Å². The van der Waals surface area contributed by atoms with Crippen LogP contribution < -0.4 is 0 Å². The normalized spacial score (nSPS) is 5.43. The van der Waals surface area contributed by atoms with Crippen molar-refractivity contribution in [2.45, 2.75) is 24.4 Å². The first-order valence-corrected chi connectivity index (χ1v) is 4.41. The van der Waals surface area contributed by atoms with Crippen molar-refractivity contribution in [1.82, 2.24) is 0 Å². The van der Waals surface area contributed by atoms with Crippen LogP contribution in [0.4, 0.5) is 0 Å². The molecule has 0 aromatic heterocycles. The summed E-state index contributed by atoms with van der Waals surface area (Å²) in [6.45, 7) is 4.55. The Morgan fingerprint density at radius 1 is 1.14 bits per heavy atom. The number of halogens is 1. The maximum atomic E-state index is 2.27. The van der Waals surface area contributed by atoms with Gasteiger partial charge in [0.1, 0.15) is 0 Å². The molecule has 0 N–H and O–H groups in total. The van der Waals surface area contributed by atoms with Crippen LogP contribution in [0.25, 0.3) is 0 Å². The van der Waals surface area contributed by atoms with E-state index in [0.717, 1.165) is 0 Å². The van der Waals surface area contributed by atoms with Crippen LogP contribution in [0.5, 0.6) is 0 Å². The van der Waals surface area contributed by atoms with Crippen molar-refractivity contribution < 1.29 is 21.7 Å². The zero-order chi connectivity index (χ0) is 4.12. The average molecular weight is 170 g/mol. The molecule has 0 spiro atoms. The van der Waals surface area contributed by atoms with E-state index in [-0.39, 0.29) is 34.1 Å². The van der Waals surface area contributed by atoms with E-state index in [1.165, 1.54) is 10.6 Å². The Morgan fingerprint density at radius 3 is 1.43 bits per heavy atom. The Labute approximate surface area is 73.4 Å². The Morgan fingerprint density at radius 2 is 1.43 bits per heavy atom. The molecule has 0 nitrogen and oxygen atoms in total. The summed E-state index contributed by atoms with van der Waals surface area (Å²) in [5, 5.41) is 2.97. The molecule has 0 saturated carbocycles. The second-order valence-corrected chi connectivity index (χ2v) is 4.06. The zero-order valence-corrected chi connectivity index (χ0v) is 8.82. The van der Waals surface area contributed by atoms with Crippen LogP contribution in [0.1, 0.15) is 13.8 Å². The Hall–Kier alpha value is 1.54. The molecule has 0 aromatic carbocycles. The first-order chi connectivity index (χ1) is 2.41. The van der Waals surface area contributed by atoms with E-state index in [1.54, 1.807) is 0 Å². The molecule has 0 aliphatic rings. The van der Waals surface area contributed by atoms with Gasteiger partial charge in [0.25, 0.3) is 0 Å². The van der Waals surface area contributed by atoms with E-state index < -0.39 is 0 Å². The molecule has 7 heavy (non-hydrogen) atoms. The summed E-state index contributed by atoms with van der Waals surface area (Å²) in [5.41, 5.74) is 0. The Kier molecular flexibility index (Phi) is 35.4. The molecule has 0 aromatic rings. The summed E-state index contributed by atoms with van der Waals surface area (Å²) in [7, 11) is 0. The molecule has 0 aliphatic heterocycles. The number of hydrogen-bond donors (Lipinski definition) is 0. The van der Waals surface area contributed by atoms with Gasteiger partial charge < -0.3 is 0 Å². The van der Waals surface area contributed by atoms with Gasteiger partial charge in [0.15, 0.2) is 0 Å². The van der Waals surface area contributed by atoms with Crippen LogP contribution in [0, 0.1) is 0 Å². The monoisotopic (exact) mass is 170 g/mol. The van der Waals surface area contributed by atoms with Gasteiger partial charge in [-0.25, -0.2) is 0 Å². The van der Waals surface area contributed by atoms with E-state index in [0.29, 0.717) is 15.2 Å². The summed E-state index contributed by atoms with van der Waals surface area (Å²) in [5.74, 6) is 0. The van der Waals surface area contributed by atoms with Crippen molar-refractivity contribution in [2.24, 2.45) is 0 Å². The van der Waals surface area contributed by atoms with Crippen LogP contribution in [0.15, 0.2) is 0 Å². The predicted octanol–water partition coefficient (Wildman–Crippen LogP) is 1.72. The van der Waals surface area contributed by atoms with Gasteiger partial charge in [-0.05, 0) is 0 Å². The van der Waals surface area contributed by atoms with E-state index >= 15 is 0 Å². The Bertz CT molecular complexity index is 19.2. The van der Waals surface area contributed by atoms with Gasteiger partial charge in [-0.2, -0.15) is 0 Å². The fraction of sp³-hybridized carbons (Fsp3) is 1.00. The SMILES string of the molecule is C[CH2][AlH][CH2]C.Cl.[Ti]. The third kappa shape index (κ3) is 18.5. The topological polar surface area (TPSA) is 0 Å². The fourth-order valence-electron chi connectivity index (χ4n) is 0.354. The summed E-state index contributed by atoms with van der Waals surface area (Å²) >= 11 is 0.432. The van der Waals surface area contributed by atoms with Crippen LogP contribution in [-0.2, 0) is 21.7 Å². The molecule has 0 heterocycles. The molecule has 0 atom stereocenters. The van der Waals surface area contributed by atoms with Crippen LogP contribution >= 0.6 is 12.4 Å². The van der Waals surface area contributed by atoms with Gasteiger partial charge in [0.05, 0.1) is 0 Å². The first kappa shape index (κ1) is 15.8. The fourth-order valence-corrected chi connectivity index (χ4v) is 1.06. The smallest absolute Gasteiger partial charge is 0.147 e. The average Bonchev–Trinajstić information content (AvgIpc) is 1.41. The maximum Gasteiger partial charge on any atom is 0.236 e. The molecule has 3 heteroatoms. The molecular weight excluding hydrogens is 158 g/mol. The van der Waals surface area contributed by atoms with Crippen molar-refractivity contribution in [3.05, 3.63) is 0 Å².